The highest BCUT2D eigenvalue weighted by molar-refractivity contribution is 6.02. The summed E-state index contributed by atoms with van der Waals surface area (Å²) in [7, 11) is 3.97. The summed E-state index contributed by atoms with van der Waals surface area (Å²) in [5.41, 5.74) is 1.77. The molecule has 5 heteroatoms. The number of amides is 1. The molecule has 2 N–H and O–H groups in total. The van der Waals surface area contributed by atoms with Crippen molar-refractivity contribution < 1.29 is 4.79 Å². The second-order valence-electron chi connectivity index (χ2n) is 4.82. The average Bonchev–Trinajstić information content (AvgIpc) is 2.38. The van der Waals surface area contributed by atoms with E-state index in [2.05, 4.69) is 15.2 Å². The van der Waals surface area contributed by atoms with Gasteiger partial charge in [-0.3, -0.25) is 9.59 Å². The Morgan fingerprint density at radius 2 is 1.95 bits per heavy atom. The highest BCUT2D eigenvalue weighted by Crippen LogP contribution is 2.12. The van der Waals surface area contributed by atoms with Gasteiger partial charge in [0.15, 0.2) is 0 Å². The maximum atomic E-state index is 12.0. The third-order valence-electron chi connectivity index (χ3n) is 2.70. The van der Waals surface area contributed by atoms with E-state index in [4.69, 9.17) is 0 Å². The summed E-state index contributed by atoms with van der Waals surface area (Å²) in [6, 6.07) is 12.1. The predicted molar refractivity (Wildman–Crippen MR) is 78.8 cm³/mol. The van der Waals surface area contributed by atoms with Crippen LogP contribution in [0, 0.1) is 0 Å². The molecule has 2 aromatic rings. The highest BCUT2D eigenvalue weighted by atomic mass is 16.2. The third kappa shape index (κ3) is 3.80. The van der Waals surface area contributed by atoms with Crippen LogP contribution in [-0.2, 0) is 6.54 Å². The zero-order valence-electron chi connectivity index (χ0n) is 11.5. The van der Waals surface area contributed by atoms with Crippen molar-refractivity contribution >= 4 is 11.6 Å². The maximum absolute atomic E-state index is 12.0. The first kappa shape index (κ1) is 14.0. The Balaban J connectivity index is 2.13. The molecule has 0 aliphatic heterocycles. The number of nitrogens with one attached hydrogen (secondary N) is 2. The second kappa shape index (κ2) is 6.16. The molecule has 20 heavy (non-hydrogen) atoms. The SMILES string of the molecule is CN(C)Cc1cccc(NC(=O)c2cccc(=O)[nH]2)c1. The monoisotopic (exact) mass is 271 g/mol. The van der Waals surface area contributed by atoms with Gasteiger partial charge in [-0.15, -0.1) is 0 Å². The lowest BCUT2D eigenvalue weighted by Gasteiger charge is -2.11. The van der Waals surface area contributed by atoms with Crippen molar-refractivity contribution in [2.75, 3.05) is 19.4 Å². The van der Waals surface area contributed by atoms with Crippen LogP contribution in [-0.4, -0.2) is 29.9 Å². The topological polar surface area (TPSA) is 65.2 Å². The van der Waals surface area contributed by atoms with E-state index >= 15 is 0 Å². The van der Waals surface area contributed by atoms with Gasteiger partial charge in [0.25, 0.3) is 5.91 Å². The van der Waals surface area contributed by atoms with Crippen LogP contribution >= 0.6 is 0 Å². The molecule has 0 atom stereocenters. The molecular weight excluding hydrogens is 254 g/mol. The molecule has 0 radical (unpaired) electrons. The molecule has 0 fully saturated rings. The summed E-state index contributed by atoms with van der Waals surface area (Å²) in [6.45, 7) is 0.798. The minimum Gasteiger partial charge on any atom is -0.321 e. The van der Waals surface area contributed by atoms with Crippen LogP contribution in [0.5, 0.6) is 0 Å². The first-order valence-corrected chi connectivity index (χ1v) is 6.29. The average molecular weight is 271 g/mol. The Morgan fingerprint density at radius 3 is 2.65 bits per heavy atom. The van der Waals surface area contributed by atoms with E-state index in [1.165, 1.54) is 6.07 Å². The van der Waals surface area contributed by atoms with E-state index < -0.39 is 0 Å². The summed E-state index contributed by atoms with van der Waals surface area (Å²) in [6.07, 6.45) is 0. The lowest BCUT2D eigenvalue weighted by molar-refractivity contribution is 0.102. The van der Waals surface area contributed by atoms with Crippen LogP contribution in [0.4, 0.5) is 5.69 Å². The first-order chi connectivity index (χ1) is 9.54. The smallest absolute Gasteiger partial charge is 0.272 e. The van der Waals surface area contributed by atoms with Crippen molar-refractivity contribution in [1.82, 2.24) is 9.88 Å². The Hall–Kier alpha value is -2.40. The number of benzene rings is 1. The number of aromatic amines is 1. The van der Waals surface area contributed by atoms with E-state index in [0.29, 0.717) is 5.69 Å². The number of anilines is 1. The van der Waals surface area contributed by atoms with Crippen molar-refractivity contribution in [1.29, 1.82) is 0 Å². The molecule has 2 rings (SSSR count). The van der Waals surface area contributed by atoms with Gasteiger partial charge in [-0.05, 0) is 37.9 Å². The molecule has 0 saturated heterocycles. The minimum atomic E-state index is -0.329. The molecule has 0 spiro atoms. The van der Waals surface area contributed by atoms with Crippen molar-refractivity contribution in [2.24, 2.45) is 0 Å². The Morgan fingerprint density at radius 1 is 1.20 bits per heavy atom. The fourth-order valence-corrected chi connectivity index (χ4v) is 1.89. The van der Waals surface area contributed by atoms with E-state index in [0.717, 1.165) is 12.1 Å². The summed E-state index contributed by atoms with van der Waals surface area (Å²) in [5, 5.41) is 2.77. The zero-order valence-corrected chi connectivity index (χ0v) is 11.5. The van der Waals surface area contributed by atoms with Crippen molar-refractivity contribution in [3.63, 3.8) is 0 Å². The quantitative estimate of drug-likeness (QED) is 0.889. The number of hydrogen-bond acceptors (Lipinski definition) is 3. The highest BCUT2D eigenvalue weighted by Gasteiger charge is 2.07. The summed E-state index contributed by atoms with van der Waals surface area (Å²) in [5.74, 6) is -0.329. The first-order valence-electron chi connectivity index (χ1n) is 6.29. The molecule has 0 aliphatic rings. The molecule has 1 amide bonds. The molecule has 0 unspecified atom stereocenters. The van der Waals surface area contributed by atoms with Gasteiger partial charge in [0.2, 0.25) is 5.56 Å². The minimum absolute atomic E-state index is 0.246. The fraction of sp³-hybridized carbons (Fsp3) is 0.200. The molecule has 0 bridgehead atoms. The second-order valence-corrected chi connectivity index (χ2v) is 4.82. The van der Waals surface area contributed by atoms with Gasteiger partial charge in [0.05, 0.1) is 0 Å². The number of carbonyl (C=O) groups is 1. The molecule has 0 aliphatic carbocycles. The predicted octanol–water partition coefficient (Wildman–Crippen LogP) is 1.69. The van der Waals surface area contributed by atoms with Gasteiger partial charge in [0.1, 0.15) is 5.69 Å². The Labute approximate surface area is 117 Å². The largest absolute Gasteiger partial charge is 0.321 e. The van der Waals surface area contributed by atoms with Gasteiger partial charge >= 0.3 is 0 Å². The van der Waals surface area contributed by atoms with E-state index in [1.54, 1.807) is 12.1 Å². The standard InChI is InChI=1S/C15H17N3O2/c1-18(2)10-11-5-3-6-12(9-11)16-15(20)13-7-4-8-14(19)17-13/h3-9H,10H2,1-2H3,(H,16,20)(H,17,19). The van der Waals surface area contributed by atoms with Crippen molar-refractivity contribution in [3.8, 4) is 0 Å². The van der Waals surface area contributed by atoms with Gasteiger partial charge in [-0.2, -0.15) is 0 Å². The molecule has 1 aromatic carbocycles. The van der Waals surface area contributed by atoms with E-state index in [9.17, 15) is 9.59 Å². The number of carbonyl (C=O) groups excluding carboxylic acids is 1. The Kier molecular flexibility index (Phi) is 4.32. The van der Waals surface area contributed by atoms with Crippen LogP contribution in [0.15, 0.2) is 47.3 Å². The van der Waals surface area contributed by atoms with E-state index in [1.807, 2.05) is 38.4 Å². The van der Waals surface area contributed by atoms with Gasteiger partial charge in [-0.25, -0.2) is 0 Å². The summed E-state index contributed by atoms with van der Waals surface area (Å²) in [4.78, 5) is 27.7. The van der Waals surface area contributed by atoms with Gasteiger partial charge in [-0.1, -0.05) is 18.2 Å². The molecule has 104 valence electrons. The van der Waals surface area contributed by atoms with Gasteiger partial charge in [0, 0.05) is 18.3 Å². The molecule has 5 nitrogen and oxygen atoms in total. The number of H-pyrrole nitrogens is 1. The molecule has 0 saturated carbocycles. The van der Waals surface area contributed by atoms with Gasteiger partial charge < -0.3 is 15.2 Å². The molecule has 1 aromatic heterocycles. The number of pyridine rings is 1. The zero-order chi connectivity index (χ0) is 14.5. The molecule has 1 heterocycles. The van der Waals surface area contributed by atoms with E-state index in [-0.39, 0.29) is 17.2 Å². The third-order valence-corrected chi connectivity index (χ3v) is 2.70. The van der Waals surface area contributed by atoms with Crippen LogP contribution in [0.25, 0.3) is 0 Å². The normalized spacial score (nSPS) is 10.6. The Bertz CT molecular complexity index is 662. The molecular formula is C15H17N3O2. The maximum Gasteiger partial charge on any atom is 0.272 e. The van der Waals surface area contributed by atoms with Crippen molar-refractivity contribution in [2.45, 2.75) is 6.54 Å². The summed E-state index contributed by atoms with van der Waals surface area (Å²) >= 11 is 0. The lowest BCUT2D eigenvalue weighted by Crippen LogP contribution is -2.18. The van der Waals surface area contributed by atoms with Crippen LogP contribution in [0.2, 0.25) is 0 Å². The number of hydrogen-bond donors (Lipinski definition) is 2. The number of rotatable bonds is 4. The lowest BCUT2D eigenvalue weighted by atomic mass is 10.2. The number of nitrogens with zero attached hydrogens (tertiary/aromatic N) is 1. The van der Waals surface area contributed by atoms with Crippen LogP contribution in [0.1, 0.15) is 16.1 Å². The van der Waals surface area contributed by atoms with Crippen LogP contribution in [0.3, 0.4) is 0 Å². The van der Waals surface area contributed by atoms with Crippen molar-refractivity contribution in [3.05, 3.63) is 64.1 Å². The summed E-state index contributed by atoms with van der Waals surface area (Å²) < 4.78 is 0. The fourth-order valence-electron chi connectivity index (χ4n) is 1.89. The van der Waals surface area contributed by atoms with Crippen LogP contribution < -0.4 is 10.9 Å². The number of aromatic nitrogens is 1.